The van der Waals surface area contributed by atoms with E-state index in [-0.39, 0.29) is 12.0 Å². The van der Waals surface area contributed by atoms with E-state index in [4.69, 9.17) is 13.9 Å². The largest absolute Gasteiger partial charge is 0.472 e. The lowest BCUT2D eigenvalue weighted by Gasteiger charge is -2.39. The monoisotopic (exact) mass is 251 g/mol. The number of carbonyl (C=O) groups excluding carboxylic acids is 1. The van der Waals surface area contributed by atoms with Gasteiger partial charge in [-0.3, -0.25) is 4.79 Å². The first-order chi connectivity index (χ1) is 8.83. The maximum Gasteiger partial charge on any atom is 0.257 e. The molecule has 5 nitrogen and oxygen atoms in total. The Morgan fingerprint density at radius 2 is 2.39 bits per heavy atom. The summed E-state index contributed by atoms with van der Waals surface area (Å²) in [5.74, 6) is 0.552. The molecule has 2 aliphatic rings. The summed E-state index contributed by atoms with van der Waals surface area (Å²) in [5, 5.41) is 0. The molecule has 2 aliphatic heterocycles. The van der Waals surface area contributed by atoms with Crippen LogP contribution in [0.25, 0.3) is 0 Å². The van der Waals surface area contributed by atoms with Crippen LogP contribution in [0.4, 0.5) is 0 Å². The van der Waals surface area contributed by atoms with Crippen LogP contribution in [0.5, 0.6) is 0 Å². The molecular weight excluding hydrogens is 234 g/mol. The van der Waals surface area contributed by atoms with Crippen molar-refractivity contribution in [1.82, 2.24) is 4.90 Å². The average molecular weight is 251 g/mol. The van der Waals surface area contributed by atoms with Gasteiger partial charge in [0.25, 0.3) is 5.91 Å². The van der Waals surface area contributed by atoms with Crippen LogP contribution in [0, 0.1) is 5.92 Å². The van der Waals surface area contributed by atoms with Crippen molar-refractivity contribution in [2.24, 2.45) is 5.92 Å². The molecule has 1 amide bonds. The summed E-state index contributed by atoms with van der Waals surface area (Å²) < 4.78 is 16.0. The molecule has 1 aromatic heterocycles. The summed E-state index contributed by atoms with van der Waals surface area (Å²) in [4.78, 5) is 13.7. The molecule has 0 aliphatic carbocycles. The molecule has 1 atom stereocenters. The molecule has 3 rings (SSSR count). The molecule has 5 heteroatoms. The maximum atomic E-state index is 11.9. The molecule has 1 unspecified atom stereocenters. The minimum atomic E-state index is 0.0211. The zero-order valence-corrected chi connectivity index (χ0v) is 10.2. The number of hydrogen-bond donors (Lipinski definition) is 0. The molecule has 3 heterocycles. The highest BCUT2D eigenvalue weighted by atomic mass is 16.5. The Balaban J connectivity index is 1.39. The summed E-state index contributed by atoms with van der Waals surface area (Å²) in [7, 11) is 0. The number of furan rings is 1. The molecule has 0 spiro atoms. The zero-order chi connectivity index (χ0) is 12.4. The van der Waals surface area contributed by atoms with Gasteiger partial charge in [0.2, 0.25) is 0 Å². The second-order valence-corrected chi connectivity index (χ2v) is 4.91. The molecule has 0 bridgehead atoms. The van der Waals surface area contributed by atoms with Gasteiger partial charge in [0.05, 0.1) is 31.1 Å². The number of hydrogen-bond acceptors (Lipinski definition) is 4. The number of nitrogens with zero attached hydrogens (tertiary/aromatic N) is 1. The lowest BCUT2D eigenvalue weighted by atomic mass is 10.1. The van der Waals surface area contributed by atoms with Gasteiger partial charge >= 0.3 is 0 Å². The fraction of sp³-hybridized carbons (Fsp3) is 0.615. The van der Waals surface area contributed by atoms with Gasteiger partial charge in [0.1, 0.15) is 6.26 Å². The normalized spacial score (nSPS) is 24.2. The number of carbonyl (C=O) groups is 1. The van der Waals surface area contributed by atoms with Gasteiger partial charge in [-0.15, -0.1) is 0 Å². The molecule has 2 fully saturated rings. The van der Waals surface area contributed by atoms with Crippen molar-refractivity contribution in [3.63, 3.8) is 0 Å². The van der Waals surface area contributed by atoms with E-state index in [0.29, 0.717) is 24.6 Å². The third-order valence-electron chi connectivity index (χ3n) is 3.50. The van der Waals surface area contributed by atoms with Crippen LogP contribution in [-0.4, -0.2) is 49.8 Å². The van der Waals surface area contributed by atoms with Gasteiger partial charge < -0.3 is 18.8 Å². The van der Waals surface area contributed by atoms with Crippen molar-refractivity contribution in [3.8, 4) is 0 Å². The fourth-order valence-corrected chi connectivity index (χ4v) is 2.27. The highest BCUT2D eigenvalue weighted by Crippen LogP contribution is 2.19. The first kappa shape index (κ1) is 11.7. The summed E-state index contributed by atoms with van der Waals surface area (Å²) in [6.45, 7) is 3.77. The number of ether oxygens (including phenoxy) is 2. The van der Waals surface area contributed by atoms with Gasteiger partial charge in [-0.25, -0.2) is 0 Å². The van der Waals surface area contributed by atoms with Crippen molar-refractivity contribution >= 4 is 5.91 Å². The Hall–Kier alpha value is -1.33. The van der Waals surface area contributed by atoms with Crippen LogP contribution >= 0.6 is 0 Å². The van der Waals surface area contributed by atoms with E-state index in [1.54, 1.807) is 11.0 Å². The third kappa shape index (κ3) is 2.42. The van der Waals surface area contributed by atoms with Gasteiger partial charge in [-0.2, -0.15) is 0 Å². The van der Waals surface area contributed by atoms with E-state index in [1.165, 1.54) is 12.5 Å². The maximum absolute atomic E-state index is 11.9. The lowest BCUT2D eigenvalue weighted by molar-refractivity contribution is -0.0541. The van der Waals surface area contributed by atoms with E-state index in [2.05, 4.69) is 0 Å². The average Bonchev–Trinajstić information content (AvgIpc) is 2.99. The van der Waals surface area contributed by atoms with Crippen LogP contribution in [0.1, 0.15) is 16.8 Å². The van der Waals surface area contributed by atoms with E-state index in [1.807, 2.05) is 0 Å². The topological polar surface area (TPSA) is 51.9 Å². The summed E-state index contributed by atoms with van der Waals surface area (Å²) in [5.41, 5.74) is 0.609. The van der Waals surface area contributed by atoms with E-state index < -0.39 is 0 Å². The number of likely N-dealkylation sites (tertiary alicyclic amines) is 1. The molecule has 18 heavy (non-hydrogen) atoms. The molecular formula is C13H17NO4. The van der Waals surface area contributed by atoms with Crippen molar-refractivity contribution in [2.45, 2.75) is 12.5 Å². The zero-order valence-electron chi connectivity index (χ0n) is 10.2. The smallest absolute Gasteiger partial charge is 0.257 e. The summed E-state index contributed by atoms with van der Waals surface area (Å²) in [6.07, 6.45) is 4.26. The second-order valence-electron chi connectivity index (χ2n) is 4.91. The third-order valence-corrected chi connectivity index (χ3v) is 3.50. The molecule has 2 saturated heterocycles. The lowest BCUT2D eigenvalue weighted by Crippen LogP contribution is -2.55. The van der Waals surface area contributed by atoms with E-state index in [0.717, 1.165) is 26.2 Å². The number of amides is 1. The molecule has 98 valence electrons. The van der Waals surface area contributed by atoms with Crippen LogP contribution in [0.3, 0.4) is 0 Å². The van der Waals surface area contributed by atoms with E-state index >= 15 is 0 Å². The quantitative estimate of drug-likeness (QED) is 0.805. The molecule has 0 aromatic carbocycles. The fourth-order valence-electron chi connectivity index (χ4n) is 2.27. The summed E-state index contributed by atoms with van der Waals surface area (Å²) >= 11 is 0. The van der Waals surface area contributed by atoms with Crippen LogP contribution in [0.2, 0.25) is 0 Å². The Kier molecular flexibility index (Phi) is 3.34. The molecule has 0 N–H and O–H groups in total. The minimum Gasteiger partial charge on any atom is -0.472 e. The van der Waals surface area contributed by atoms with Crippen LogP contribution < -0.4 is 0 Å². The number of rotatable bonds is 4. The minimum absolute atomic E-state index is 0.0211. The Bertz CT molecular complexity index is 391. The van der Waals surface area contributed by atoms with Gasteiger partial charge in [-0.1, -0.05) is 0 Å². The second kappa shape index (κ2) is 5.12. The van der Waals surface area contributed by atoms with Crippen LogP contribution in [-0.2, 0) is 9.47 Å². The molecule has 0 saturated carbocycles. The SMILES string of the molecule is O=C(c1ccoc1)N1CC(OCC2CCOC2)C1. The standard InChI is InChI=1S/C13H17NO4/c15-13(11-2-4-17-9-11)14-5-12(6-14)18-8-10-1-3-16-7-10/h2,4,9-10,12H,1,3,5-8H2. The first-order valence-corrected chi connectivity index (χ1v) is 6.34. The highest BCUT2D eigenvalue weighted by Gasteiger charge is 2.33. The van der Waals surface area contributed by atoms with Crippen molar-refractivity contribution in [2.75, 3.05) is 32.9 Å². The van der Waals surface area contributed by atoms with Gasteiger partial charge in [-0.05, 0) is 12.5 Å². The summed E-state index contributed by atoms with van der Waals surface area (Å²) in [6, 6.07) is 1.69. The van der Waals surface area contributed by atoms with Crippen molar-refractivity contribution < 1.29 is 18.7 Å². The highest BCUT2D eigenvalue weighted by molar-refractivity contribution is 5.94. The van der Waals surface area contributed by atoms with Gasteiger partial charge in [0, 0.05) is 25.6 Å². The predicted molar refractivity (Wildman–Crippen MR) is 63.3 cm³/mol. The Morgan fingerprint density at radius 1 is 1.50 bits per heavy atom. The van der Waals surface area contributed by atoms with Crippen LogP contribution in [0.15, 0.2) is 23.0 Å². The van der Waals surface area contributed by atoms with Gasteiger partial charge in [0.15, 0.2) is 0 Å². The van der Waals surface area contributed by atoms with E-state index in [9.17, 15) is 4.79 Å². The van der Waals surface area contributed by atoms with Crippen molar-refractivity contribution in [3.05, 3.63) is 24.2 Å². The van der Waals surface area contributed by atoms with Crippen molar-refractivity contribution in [1.29, 1.82) is 0 Å². The Morgan fingerprint density at radius 3 is 3.06 bits per heavy atom. The Labute approximate surface area is 106 Å². The predicted octanol–water partition coefficient (Wildman–Crippen LogP) is 1.16. The first-order valence-electron chi connectivity index (χ1n) is 6.34. The molecule has 1 aromatic rings. The molecule has 0 radical (unpaired) electrons.